The Morgan fingerprint density at radius 1 is 1.43 bits per heavy atom. The highest BCUT2D eigenvalue weighted by molar-refractivity contribution is 7.90. The molecular weight excluding hydrogens is 306 g/mol. The molecule has 0 spiro atoms. The molecule has 0 atom stereocenters. The molecule has 2 aromatic rings. The quantitative estimate of drug-likeness (QED) is 0.806. The van der Waals surface area contributed by atoms with Crippen LogP contribution in [-0.4, -0.2) is 36.1 Å². The van der Waals surface area contributed by atoms with E-state index in [1.807, 2.05) is 0 Å². The second-order valence-corrected chi connectivity index (χ2v) is 8.35. The topological polar surface area (TPSA) is 63.2 Å². The zero-order chi connectivity index (χ0) is 15.0. The van der Waals surface area contributed by atoms with E-state index in [0.29, 0.717) is 6.54 Å². The fraction of sp³-hybridized carbons (Fsp3) is 0.429. The second kappa shape index (κ2) is 5.47. The van der Waals surface area contributed by atoms with Gasteiger partial charge >= 0.3 is 0 Å². The molecule has 7 heteroatoms. The highest BCUT2D eigenvalue weighted by atomic mass is 32.2. The number of aryl methyl sites for hydroxylation is 1. The van der Waals surface area contributed by atoms with E-state index in [0.717, 1.165) is 37.0 Å². The number of hydrogen-bond donors (Lipinski definition) is 0. The number of fused-ring (bicyclic) bond motifs is 1. The lowest BCUT2D eigenvalue weighted by atomic mass is 10.1. The molecule has 3 rings (SSSR count). The second-order valence-electron chi connectivity index (χ2n) is 5.45. The lowest BCUT2D eigenvalue weighted by Gasteiger charge is -2.27. The molecule has 0 aliphatic carbocycles. The van der Waals surface area contributed by atoms with E-state index >= 15 is 0 Å². The summed E-state index contributed by atoms with van der Waals surface area (Å²) in [6.07, 6.45) is 3.67. The van der Waals surface area contributed by atoms with E-state index < -0.39 is 9.84 Å². The number of rotatable bonds is 3. The fourth-order valence-electron chi connectivity index (χ4n) is 2.45. The number of sulfone groups is 1. The molecule has 0 saturated carbocycles. The van der Waals surface area contributed by atoms with Crippen LogP contribution in [0.5, 0.6) is 0 Å². The molecule has 0 fully saturated rings. The summed E-state index contributed by atoms with van der Waals surface area (Å²) in [4.78, 5) is 11.8. The third-order valence-electron chi connectivity index (χ3n) is 3.50. The van der Waals surface area contributed by atoms with Gasteiger partial charge in [0.2, 0.25) is 15.0 Å². The predicted molar refractivity (Wildman–Crippen MR) is 82.0 cm³/mol. The van der Waals surface area contributed by atoms with Crippen molar-refractivity contribution in [3.05, 3.63) is 39.3 Å². The lowest BCUT2D eigenvalue weighted by molar-refractivity contribution is 0.242. The van der Waals surface area contributed by atoms with Gasteiger partial charge in [-0.1, -0.05) is 0 Å². The first-order valence-electron chi connectivity index (χ1n) is 6.73. The van der Waals surface area contributed by atoms with E-state index in [1.165, 1.54) is 10.4 Å². The molecule has 0 unspecified atom stereocenters. The van der Waals surface area contributed by atoms with Crippen LogP contribution in [0.25, 0.3) is 0 Å². The molecule has 5 nitrogen and oxygen atoms in total. The highest BCUT2D eigenvalue weighted by Crippen LogP contribution is 2.22. The van der Waals surface area contributed by atoms with Crippen molar-refractivity contribution in [1.29, 1.82) is 0 Å². The fourth-order valence-corrected chi connectivity index (χ4v) is 3.88. The van der Waals surface area contributed by atoms with Crippen molar-refractivity contribution in [3.8, 4) is 0 Å². The summed E-state index contributed by atoms with van der Waals surface area (Å²) in [5.41, 5.74) is 3.18. The number of aromatic nitrogens is 2. The van der Waals surface area contributed by atoms with Crippen LogP contribution in [0.4, 0.5) is 0 Å². The summed E-state index contributed by atoms with van der Waals surface area (Å²) >= 11 is 1.76. The van der Waals surface area contributed by atoms with Gasteiger partial charge in [-0.05, 0) is 35.9 Å². The Morgan fingerprint density at radius 3 is 2.90 bits per heavy atom. The predicted octanol–water partition coefficient (Wildman–Crippen LogP) is 1.81. The van der Waals surface area contributed by atoms with E-state index in [1.54, 1.807) is 17.5 Å². The van der Waals surface area contributed by atoms with Crippen molar-refractivity contribution in [1.82, 2.24) is 14.9 Å². The molecular formula is C14H17N3O2S2. The monoisotopic (exact) mass is 323 g/mol. The first-order valence-corrected chi connectivity index (χ1v) is 9.50. The van der Waals surface area contributed by atoms with Crippen LogP contribution in [0.15, 0.2) is 22.8 Å². The van der Waals surface area contributed by atoms with Gasteiger partial charge in [-0.25, -0.2) is 18.4 Å². The van der Waals surface area contributed by atoms with Crippen LogP contribution in [0.3, 0.4) is 0 Å². The van der Waals surface area contributed by atoms with Crippen LogP contribution in [-0.2, 0) is 29.3 Å². The molecule has 3 heterocycles. The van der Waals surface area contributed by atoms with Crippen molar-refractivity contribution in [2.75, 3.05) is 12.8 Å². The van der Waals surface area contributed by atoms with Gasteiger partial charge in [0.15, 0.2) is 0 Å². The molecule has 21 heavy (non-hydrogen) atoms. The first-order chi connectivity index (χ1) is 9.91. The molecule has 1 aliphatic heterocycles. The third-order valence-corrected chi connectivity index (χ3v) is 5.40. The Balaban J connectivity index is 1.80. The van der Waals surface area contributed by atoms with Gasteiger partial charge in [-0.15, -0.1) is 11.3 Å². The zero-order valence-corrected chi connectivity index (χ0v) is 13.7. The summed E-state index contributed by atoms with van der Waals surface area (Å²) in [6, 6.07) is 2.20. The Hall–Kier alpha value is -1.31. The van der Waals surface area contributed by atoms with E-state index in [2.05, 4.69) is 33.2 Å². The average Bonchev–Trinajstić information content (AvgIpc) is 2.82. The summed E-state index contributed by atoms with van der Waals surface area (Å²) in [7, 11) is -3.35. The molecule has 0 radical (unpaired) electrons. The standard InChI is InChI=1S/C14H17N3O2S2/c1-10-5-12(20-9-10)7-17-4-3-11-6-15-14(21(2,18)19)16-13(11)8-17/h5-6,9H,3-4,7-8H2,1-2H3. The lowest BCUT2D eigenvalue weighted by Crippen LogP contribution is -2.31. The van der Waals surface area contributed by atoms with Crippen LogP contribution in [0.1, 0.15) is 21.7 Å². The van der Waals surface area contributed by atoms with Crippen LogP contribution >= 0.6 is 11.3 Å². The molecule has 1 aliphatic rings. The van der Waals surface area contributed by atoms with Crippen molar-refractivity contribution in [3.63, 3.8) is 0 Å². The van der Waals surface area contributed by atoms with Gasteiger partial charge in [-0.2, -0.15) is 0 Å². The molecule has 0 aromatic carbocycles. The highest BCUT2D eigenvalue weighted by Gasteiger charge is 2.21. The van der Waals surface area contributed by atoms with Crippen LogP contribution in [0.2, 0.25) is 0 Å². The SMILES string of the molecule is Cc1csc(CN2CCc3cnc(S(C)(=O)=O)nc3C2)c1. The van der Waals surface area contributed by atoms with E-state index in [9.17, 15) is 8.42 Å². The Bertz CT molecular complexity index is 768. The van der Waals surface area contributed by atoms with E-state index in [4.69, 9.17) is 0 Å². The number of nitrogens with zero attached hydrogens (tertiary/aromatic N) is 3. The summed E-state index contributed by atoms with van der Waals surface area (Å²) in [6.45, 7) is 4.61. The van der Waals surface area contributed by atoms with Gasteiger partial charge in [-0.3, -0.25) is 4.90 Å². The third kappa shape index (κ3) is 3.30. The minimum absolute atomic E-state index is 0.0740. The van der Waals surface area contributed by atoms with Crippen molar-refractivity contribution in [2.24, 2.45) is 0 Å². The molecule has 0 N–H and O–H groups in total. The van der Waals surface area contributed by atoms with Gasteiger partial charge in [0.25, 0.3) is 0 Å². The summed E-state index contributed by atoms with van der Waals surface area (Å²) in [5, 5.41) is 2.08. The average molecular weight is 323 g/mol. The molecule has 0 saturated heterocycles. The zero-order valence-electron chi connectivity index (χ0n) is 12.0. The smallest absolute Gasteiger partial charge is 0.247 e. The van der Waals surface area contributed by atoms with Crippen molar-refractivity contribution < 1.29 is 8.42 Å². The maximum Gasteiger partial charge on any atom is 0.247 e. The number of hydrogen-bond acceptors (Lipinski definition) is 6. The molecule has 112 valence electrons. The first kappa shape index (κ1) is 14.6. The molecule has 0 bridgehead atoms. The van der Waals surface area contributed by atoms with Crippen LogP contribution in [0, 0.1) is 6.92 Å². The Labute approximate surface area is 128 Å². The largest absolute Gasteiger partial charge is 0.292 e. The molecule has 2 aromatic heterocycles. The Morgan fingerprint density at radius 2 is 2.24 bits per heavy atom. The van der Waals surface area contributed by atoms with Gasteiger partial charge < -0.3 is 0 Å². The van der Waals surface area contributed by atoms with Gasteiger partial charge in [0.1, 0.15) is 0 Å². The van der Waals surface area contributed by atoms with Crippen molar-refractivity contribution >= 4 is 21.2 Å². The minimum Gasteiger partial charge on any atom is -0.292 e. The van der Waals surface area contributed by atoms with E-state index in [-0.39, 0.29) is 5.16 Å². The normalized spacial score (nSPS) is 15.9. The van der Waals surface area contributed by atoms with Crippen LogP contribution < -0.4 is 0 Å². The summed E-state index contributed by atoms with van der Waals surface area (Å²) in [5.74, 6) is 0. The maximum absolute atomic E-state index is 11.6. The maximum atomic E-state index is 11.6. The Kier molecular flexibility index (Phi) is 3.81. The van der Waals surface area contributed by atoms with Gasteiger partial charge in [0, 0.05) is 37.0 Å². The number of thiophene rings is 1. The molecule has 0 amide bonds. The minimum atomic E-state index is -3.35. The van der Waals surface area contributed by atoms with Gasteiger partial charge in [0.05, 0.1) is 5.69 Å². The summed E-state index contributed by atoms with van der Waals surface area (Å²) < 4.78 is 23.1. The van der Waals surface area contributed by atoms with Crippen molar-refractivity contribution in [2.45, 2.75) is 31.6 Å².